The van der Waals surface area contributed by atoms with Crippen molar-refractivity contribution in [2.24, 2.45) is 11.8 Å². The molecule has 1 aliphatic heterocycles. The summed E-state index contributed by atoms with van der Waals surface area (Å²) < 4.78 is 5.63. The van der Waals surface area contributed by atoms with E-state index in [2.05, 4.69) is 4.98 Å². The third-order valence-electron chi connectivity index (χ3n) is 5.87. The summed E-state index contributed by atoms with van der Waals surface area (Å²) in [5.41, 5.74) is -0.164. The van der Waals surface area contributed by atoms with E-state index < -0.39 is 23.8 Å². The number of likely N-dealkylation sites (tertiary alicyclic amines) is 1. The molecule has 2 heterocycles. The van der Waals surface area contributed by atoms with Crippen molar-refractivity contribution in [1.82, 2.24) is 9.88 Å². The average Bonchev–Trinajstić information content (AvgIpc) is 3.06. The summed E-state index contributed by atoms with van der Waals surface area (Å²) in [6.07, 6.45) is 8.42. The molecule has 2 aliphatic rings. The minimum atomic E-state index is -0.982. The van der Waals surface area contributed by atoms with Crippen molar-refractivity contribution < 1.29 is 14.6 Å². The van der Waals surface area contributed by atoms with Gasteiger partial charge in [-0.05, 0) is 39.0 Å². The highest BCUT2D eigenvalue weighted by Gasteiger charge is 2.44. The Hall–Kier alpha value is -1.04. The number of amides is 1. The highest BCUT2D eigenvalue weighted by atomic mass is 35.5. The maximum atomic E-state index is 12.9. The standard InChI is InChI=1S/C21H30Cl2N2O3/c1-21(2,3)28-20(27)25-12-14(13-7-5-4-6-8-13)9-17(25)19(26)18-15(22)10-24-11-16(18)23/h10-11,13-14,17,19,26H,4-9,12H2,1-3H3/t14?,17?,19-/m1/s1. The largest absolute Gasteiger partial charge is 0.444 e. The summed E-state index contributed by atoms with van der Waals surface area (Å²) in [7, 11) is 0. The van der Waals surface area contributed by atoms with Gasteiger partial charge >= 0.3 is 6.09 Å². The van der Waals surface area contributed by atoms with Crippen molar-refractivity contribution >= 4 is 29.3 Å². The molecule has 1 aromatic heterocycles. The Bertz CT molecular complexity index is 681. The molecule has 2 unspecified atom stereocenters. The van der Waals surface area contributed by atoms with Gasteiger partial charge in [0.25, 0.3) is 0 Å². The number of aliphatic hydroxyl groups is 1. The summed E-state index contributed by atoms with van der Waals surface area (Å²) in [5, 5.41) is 11.8. The maximum absolute atomic E-state index is 12.9. The molecule has 2 fully saturated rings. The van der Waals surface area contributed by atoms with Crippen LogP contribution >= 0.6 is 23.2 Å². The molecule has 1 amide bonds. The number of aliphatic hydroxyl groups excluding tert-OH is 1. The number of hydrogen-bond acceptors (Lipinski definition) is 4. The quantitative estimate of drug-likeness (QED) is 0.677. The van der Waals surface area contributed by atoms with E-state index in [0.29, 0.717) is 34.0 Å². The predicted molar refractivity (Wildman–Crippen MR) is 111 cm³/mol. The van der Waals surface area contributed by atoms with Gasteiger partial charge < -0.3 is 14.7 Å². The van der Waals surface area contributed by atoms with Gasteiger partial charge in [-0.2, -0.15) is 0 Å². The highest BCUT2D eigenvalue weighted by Crippen LogP contribution is 2.43. The molecule has 5 nitrogen and oxygen atoms in total. The average molecular weight is 429 g/mol. The normalized spacial score (nSPS) is 25.0. The topological polar surface area (TPSA) is 62.7 Å². The third kappa shape index (κ3) is 4.92. The first-order valence-corrected chi connectivity index (χ1v) is 10.9. The Balaban J connectivity index is 1.86. The molecule has 0 bridgehead atoms. The molecule has 1 aliphatic carbocycles. The predicted octanol–water partition coefficient (Wildman–Crippen LogP) is 5.63. The molecule has 1 aromatic rings. The molecule has 0 radical (unpaired) electrons. The van der Waals surface area contributed by atoms with Crippen molar-refractivity contribution in [3.05, 3.63) is 28.0 Å². The van der Waals surface area contributed by atoms with E-state index in [9.17, 15) is 9.90 Å². The van der Waals surface area contributed by atoms with Crippen LogP contribution in [0.3, 0.4) is 0 Å². The van der Waals surface area contributed by atoms with Gasteiger partial charge in [0, 0.05) is 24.5 Å². The van der Waals surface area contributed by atoms with E-state index in [1.807, 2.05) is 20.8 Å². The lowest BCUT2D eigenvalue weighted by Crippen LogP contribution is -2.42. The molecular formula is C21H30Cl2N2O3. The molecule has 1 N–H and O–H groups in total. The van der Waals surface area contributed by atoms with Crippen LogP contribution in [0.25, 0.3) is 0 Å². The summed E-state index contributed by atoms with van der Waals surface area (Å²) in [4.78, 5) is 18.6. The first-order chi connectivity index (χ1) is 13.2. The van der Waals surface area contributed by atoms with E-state index >= 15 is 0 Å². The van der Waals surface area contributed by atoms with Gasteiger partial charge in [-0.3, -0.25) is 4.98 Å². The van der Waals surface area contributed by atoms with Gasteiger partial charge in [0.2, 0.25) is 0 Å². The van der Waals surface area contributed by atoms with Crippen molar-refractivity contribution in [2.45, 2.75) is 77.0 Å². The Morgan fingerprint density at radius 3 is 2.36 bits per heavy atom. The Labute approximate surface area is 177 Å². The van der Waals surface area contributed by atoms with Crippen LogP contribution in [0.1, 0.15) is 71.0 Å². The number of aromatic nitrogens is 1. The molecule has 3 atom stereocenters. The zero-order valence-corrected chi connectivity index (χ0v) is 18.3. The van der Waals surface area contributed by atoms with Gasteiger partial charge in [-0.1, -0.05) is 55.3 Å². The molecule has 3 rings (SSSR count). The number of carbonyl (C=O) groups is 1. The van der Waals surface area contributed by atoms with Crippen LogP contribution in [0.4, 0.5) is 4.79 Å². The second kappa shape index (κ2) is 8.76. The lowest BCUT2D eigenvalue weighted by molar-refractivity contribution is 0.00463. The van der Waals surface area contributed by atoms with Gasteiger partial charge in [0.1, 0.15) is 11.7 Å². The monoisotopic (exact) mass is 428 g/mol. The smallest absolute Gasteiger partial charge is 0.410 e. The van der Waals surface area contributed by atoms with Crippen molar-refractivity contribution in [1.29, 1.82) is 0 Å². The molecular weight excluding hydrogens is 399 g/mol. The van der Waals surface area contributed by atoms with E-state index in [-0.39, 0.29) is 0 Å². The summed E-state index contributed by atoms with van der Waals surface area (Å²) in [5.74, 6) is 0.936. The van der Waals surface area contributed by atoms with Crippen LogP contribution in [0.5, 0.6) is 0 Å². The van der Waals surface area contributed by atoms with E-state index in [1.54, 1.807) is 4.90 Å². The minimum absolute atomic E-state index is 0.310. The fraction of sp³-hybridized carbons (Fsp3) is 0.714. The second-order valence-electron chi connectivity index (χ2n) is 9.06. The summed E-state index contributed by atoms with van der Waals surface area (Å²) >= 11 is 12.6. The fourth-order valence-corrected chi connectivity index (χ4v) is 5.16. The highest BCUT2D eigenvalue weighted by molar-refractivity contribution is 6.35. The van der Waals surface area contributed by atoms with Crippen LogP contribution in [-0.2, 0) is 4.74 Å². The Morgan fingerprint density at radius 1 is 1.18 bits per heavy atom. The lowest BCUT2D eigenvalue weighted by atomic mass is 9.78. The molecule has 0 aromatic carbocycles. The fourth-order valence-electron chi connectivity index (χ4n) is 4.57. The van der Waals surface area contributed by atoms with Gasteiger partial charge in [-0.15, -0.1) is 0 Å². The molecule has 0 spiro atoms. The number of rotatable bonds is 3. The second-order valence-corrected chi connectivity index (χ2v) is 9.87. The molecule has 1 saturated heterocycles. The number of hydrogen-bond donors (Lipinski definition) is 1. The lowest BCUT2D eigenvalue weighted by Gasteiger charge is -2.31. The van der Waals surface area contributed by atoms with Crippen LogP contribution in [-0.4, -0.2) is 39.3 Å². The Kier molecular flexibility index (Phi) is 6.78. The van der Waals surface area contributed by atoms with E-state index in [4.69, 9.17) is 27.9 Å². The summed E-state index contributed by atoms with van der Waals surface area (Å²) in [6, 6.07) is -0.417. The number of halogens is 2. The van der Waals surface area contributed by atoms with Crippen molar-refractivity contribution in [3.8, 4) is 0 Å². The van der Waals surface area contributed by atoms with Crippen LogP contribution < -0.4 is 0 Å². The first-order valence-electron chi connectivity index (χ1n) is 10.1. The minimum Gasteiger partial charge on any atom is -0.444 e. The van der Waals surface area contributed by atoms with Gasteiger partial charge in [-0.25, -0.2) is 4.79 Å². The van der Waals surface area contributed by atoms with Crippen LogP contribution in [0, 0.1) is 11.8 Å². The van der Waals surface area contributed by atoms with Gasteiger partial charge in [0.15, 0.2) is 0 Å². The molecule has 156 valence electrons. The SMILES string of the molecule is CC(C)(C)OC(=O)N1CC(C2CCCCC2)CC1[C@@H](O)c1c(Cl)cncc1Cl. The van der Waals surface area contributed by atoms with Crippen LogP contribution in [0.15, 0.2) is 12.4 Å². The summed E-state index contributed by atoms with van der Waals surface area (Å²) in [6.45, 7) is 6.15. The molecule has 28 heavy (non-hydrogen) atoms. The number of carbonyl (C=O) groups excluding carboxylic acids is 1. The number of nitrogens with zero attached hydrogens (tertiary/aromatic N) is 2. The Morgan fingerprint density at radius 2 is 1.79 bits per heavy atom. The maximum Gasteiger partial charge on any atom is 0.410 e. The molecule has 1 saturated carbocycles. The molecule has 7 heteroatoms. The third-order valence-corrected chi connectivity index (χ3v) is 6.47. The zero-order valence-electron chi connectivity index (χ0n) is 16.8. The van der Waals surface area contributed by atoms with E-state index in [1.165, 1.54) is 44.5 Å². The van der Waals surface area contributed by atoms with Crippen molar-refractivity contribution in [2.75, 3.05) is 6.54 Å². The zero-order chi connectivity index (χ0) is 20.5. The van der Waals surface area contributed by atoms with Crippen molar-refractivity contribution in [3.63, 3.8) is 0 Å². The van der Waals surface area contributed by atoms with Gasteiger partial charge in [0.05, 0.1) is 16.1 Å². The number of pyridine rings is 1. The first kappa shape index (κ1) is 21.7. The van der Waals surface area contributed by atoms with Crippen LogP contribution in [0.2, 0.25) is 10.0 Å². The number of ether oxygens (including phenoxy) is 1. The van der Waals surface area contributed by atoms with E-state index in [0.717, 1.165) is 6.42 Å².